The molecule has 23 heavy (non-hydrogen) atoms. The SMILES string of the molecule is COc1cccc(C(O)C(=O)N2CCCC(N3CCCC3)C2)c1. The Morgan fingerprint density at radius 1 is 1.26 bits per heavy atom. The van der Waals surface area contributed by atoms with Crippen molar-refractivity contribution < 1.29 is 14.6 Å². The number of nitrogens with zero attached hydrogens (tertiary/aromatic N) is 2. The van der Waals surface area contributed by atoms with E-state index in [9.17, 15) is 9.90 Å². The molecular weight excluding hydrogens is 292 g/mol. The van der Waals surface area contributed by atoms with Gasteiger partial charge in [-0.25, -0.2) is 0 Å². The second-order valence-electron chi connectivity index (χ2n) is 6.50. The van der Waals surface area contributed by atoms with Crippen molar-refractivity contribution in [2.75, 3.05) is 33.3 Å². The van der Waals surface area contributed by atoms with Crippen LogP contribution in [0.3, 0.4) is 0 Å². The minimum absolute atomic E-state index is 0.192. The number of carbonyl (C=O) groups is 1. The number of aliphatic hydroxyl groups excluding tert-OH is 1. The van der Waals surface area contributed by atoms with Crippen LogP contribution in [0, 0.1) is 0 Å². The summed E-state index contributed by atoms with van der Waals surface area (Å²) in [5, 5.41) is 10.5. The number of rotatable bonds is 4. The van der Waals surface area contributed by atoms with Crippen molar-refractivity contribution in [1.29, 1.82) is 0 Å². The molecule has 0 spiro atoms. The van der Waals surface area contributed by atoms with Crippen LogP contribution in [0.1, 0.15) is 37.4 Å². The summed E-state index contributed by atoms with van der Waals surface area (Å²) in [6, 6.07) is 7.56. The average molecular weight is 318 g/mol. The number of carbonyl (C=O) groups excluding carboxylic acids is 1. The molecule has 2 atom stereocenters. The largest absolute Gasteiger partial charge is 0.497 e. The summed E-state index contributed by atoms with van der Waals surface area (Å²) < 4.78 is 5.17. The molecule has 2 heterocycles. The number of aliphatic hydroxyl groups is 1. The summed E-state index contributed by atoms with van der Waals surface area (Å²) in [7, 11) is 1.58. The van der Waals surface area contributed by atoms with Crippen LogP contribution in [0.4, 0.5) is 0 Å². The van der Waals surface area contributed by atoms with E-state index in [2.05, 4.69) is 4.90 Å². The maximum atomic E-state index is 12.7. The van der Waals surface area contributed by atoms with E-state index in [1.54, 1.807) is 25.3 Å². The molecule has 0 aromatic heterocycles. The molecule has 2 aliphatic heterocycles. The zero-order valence-electron chi connectivity index (χ0n) is 13.8. The van der Waals surface area contributed by atoms with Gasteiger partial charge in [0.25, 0.3) is 5.91 Å². The zero-order chi connectivity index (χ0) is 16.2. The van der Waals surface area contributed by atoms with Gasteiger partial charge in [-0.05, 0) is 56.5 Å². The van der Waals surface area contributed by atoms with E-state index in [0.717, 1.165) is 39.0 Å². The Balaban J connectivity index is 1.66. The molecule has 1 aromatic rings. The highest BCUT2D eigenvalue weighted by Crippen LogP contribution is 2.25. The maximum absolute atomic E-state index is 12.7. The number of methoxy groups -OCH3 is 1. The van der Waals surface area contributed by atoms with Gasteiger partial charge in [-0.1, -0.05) is 12.1 Å². The minimum Gasteiger partial charge on any atom is -0.497 e. The Bertz CT molecular complexity index is 543. The predicted molar refractivity (Wildman–Crippen MR) is 88.4 cm³/mol. The number of ether oxygens (including phenoxy) is 1. The molecule has 2 fully saturated rings. The van der Waals surface area contributed by atoms with Crippen molar-refractivity contribution in [2.24, 2.45) is 0 Å². The molecule has 3 rings (SSSR count). The van der Waals surface area contributed by atoms with E-state index in [0.29, 0.717) is 17.4 Å². The van der Waals surface area contributed by atoms with E-state index in [-0.39, 0.29) is 5.91 Å². The van der Waals surface area contributed by atoms with Crippen molar-refractivity contribution in [3.8, 4) is 5.75 Å². The lowest BCUT2D eigenvalue weighted by molar-refractivity contribution is -0.142. The molecular formula is C18H26N2O3. The summed E-state index contributed by atoms with van der Waals surface area (Å²) in [6.07, 6.45) is 3.58. The molecule has 126 valence electrons. The first-order valence-corrected chi connectivity index (χ1v) is 8.54. The van der Waals surface area contributed by atoms with E-state index >= 15 is 0 Å². The van der Waals surface area contributed by atoms with Crippen LogP contribution in [0.15, 0.2) is 24.3 Å². The predicted octanol–water partition coefficient (Wildman–Crippen LogP) is 1.82. The summed E-state index contributed by atoms with van der Waals surface area (Å²) in [4.78, 5) is 17.0. The molecule has 0 radical (unpaired) electrons. The molecule has 5 nitrogen and oxygen atoms in total. The molecule has 2 saturated heterocycles. The molecule has 2 unspecified atom stereocenters. The number of likely N-dealkylation sites (tertiary alicyclic amines) is 2. The maximum Gasteiger partial charge on any atom is 0.256 e. The van der Waals surface area contributed by atoms with E-state index in [1.165, 1.54) is 12.8 Å². The topological polar surface area (TPSA) is 53.0 Å². The molecule has 2 aliphatic rings. The Kier molecular flexibility index (Phi) is 5.18. The number of piperidine rings is 1. The Morgan fingerprint density at radius 2 is 2.04 bits per heavy atom. The molecule has 0 saturated carbocycles. The summed E-state index contributed by atoms with van der Waals surface area (Å²) in [6.45, 7) is 3.76. The van der Waals surface area contributed by atoms with Crippen LogP contribution in [0.25, 0.3) is 0 Å². The van der Waals surface area contributed by atoms with Crippen molar-refractivity contribution in [3.63, 3.8) is 0 Å². The van der Waals surface area contributed by atoms with Crippen molar-refractivity contribution >= 4 is 5.91 Å². The third kappa shape index (κ3) is 3.67. The van der Waals surface area contributed by atoms with Crippen molar-refractivity contribution in [2.45, 2.75) is 37.8 Å². The molecule has 1 N–H and O–H groups in total. The highest BCUT2D eigenvalue weighted by atomic mass is 16.5. The van der Waals surface area contributed by atoms with Gasteiger partial charge >= 0.3 is 0 Å². The standard InChI is InChI=1S/C18H26N2O3/c1-23-16-8-4-6-14(12-16)17(21)18(22)20-11-5-7-15(13-20)19-9-2-3-10-19/h4,6,8,12,15,17,21H,2-3,5,7,9-11,13H2,1H3. The third-order valence-corrected chi connectivity index (χ3v) is 5.01. The fourth-order valence-corrected chi connectivity index (χ4v) is 3.69. The lowest BCUT2D eigenvalue weighted by Gasteiger charge is -2.38. The van der Waals surface area contributed by atoms with Gasteiger partial charge < -0.3 is 14.7 Å². The molecule has 5 heteroatoms. The van der Waals surface area contributed by atoms with Gasteiger partial charge in [0, 0.05) is 19.1 Å². The van der Waals surface area contributed by atoms with Crippen molar-refractivity contribution in [3.05, 3.63) is 29.8 Å². The summed E-state index contributed by atoms with van der Waals surface area (Å²) in [5.41, 5.74) is 0.595. The number of benzene rings is 1. The van der Waals surface area contributed by atoms with Gasteiger partial charge in [0.2, 0.25) is 0 Å². The third-order valence-electron chi connectivity index (χ3n) is 5.01. The lowest BCUT2D eigenvalue weighted by Crippen LogP contribution is -2.50. The van der Waals surface area contributed by atoms with Gasteiger partial charge in [-0.3, -0.25) is 9.69 Å². The van der Waals surface area contributed by atoms with Crippen LogP contribution >= 0.6 is 0 Å². The fraction of sp³-hybridized carbons (Fsp3) is 0.611. The second kappa shape index (κ2) is 7.32. The van der Waals surface area contributed by atoms with Crippen LogP contribution in [-0.4, -0.2) is 60.1 Å². The number of hydrogen-bond acceptors (Lipinski definition) is 4. The van der Waals surface area contributed by atoms with Gasteiger partial charge in [-0.15, -0.1) is 0 Å². The Hall–Kier alpha value is -1.59. The molecule has 0 aliphatic carbocycles. The van der Waals surface area contributed by atoms with Gasteiger partial charge in [0.15, 0.2) is 6.10 Å². The normalized spacial score (nSPS) is 23.7. The molecule has 1 aromatic carbocycles. The Labute approximate surface area is 137 Å². The molecule has 0 bridgehead atoms. The summed E-state index contributed by atoms with van der Waals surface area (Å²) in [5.74, 6) is 0.463. The van der Waals surface area contributed by atoms with E-state index in [4.69, 9.17) is 4.74 Å². The van der Waals surface area contributed by atoms with Gasteiger partial charge in [0.05, 0.1) is 7.11 Å². The first kappa shape index (κ1) is 16.3. The van der Waals surface area contributed by atoms with Gasteiger partial charge in [0.1, 0.15) is 5.75 Å². The van der Waals surface area contributed by atoms with Gasteiger partial charge in [-0.2, -0.15) is 0 Å². The molecule has 1 amide bonds. The highest BCUT2D eigenvalue weighted by Gasteiger charge is 2.32. The second-order valence-corrected chi connectivity index (χ2v) is 6.50. The fourth-order valence-electron chi connectivity index (χ4n) is 3.69. The van der Waals surface area contributed by atoms with Crippen LogP contribution in [0.5, 0.6) is 5.75 Å². The Morgan fingerprint density at radius 3 is 2.78 bits per heavy atom. The first-order valence-electron chi connectivity index (χ1n) is 8.54. The average Bonchev–Trinajstić information content (AvgIpc) is 3.15. The van der Waals surface area contributed by atoms with E-state index < -0.39 is 6.10 Å². The monoisotopic (exact) mass is 318 g/mol. The van der Waals surface area contributed by atoms with Crippen LogP contribution in [-0.2, 0) is 4.79 Å². The smallest absolute Gasteiger partial charge is 0.256 e. The minimum atomic E-state index is -1.11. The van der Waals surface area contributed by atoms with E-state index in [1.807, 2.05) is 11.0 Å². The zero-order valence-corrected chi connectivity index (χ0v) is 13.8. The lowest BCUT2D eigenvalue weighted by atomic mass is 10.0. The summed E-state index contributed by atoms with van der Waals surface area (Å²) >= 11 is 0. The number of hydrogen-bond donors (Lipinski definition) is 1. The van der Waals surface area contributed by atoms with Crippen LogP contribution in [0.2, 0.25) is 0 Å². The highest BCUT2D eigenvalue weighted by molar-refractivity contribution is 5.82. The first-order chi connectivity index (χ1) is 11.2. The number of amides is 1. The van der Waals surface area contributed by atoms with Crippen LogP contribution < -0.4 is 4.74 Å². The van der Waals surface area contributed by atoms with Crippen molar-refractivity contribution in [1.82, 2.24) is 9.80 Å². The quantitative estimate of drug-likeness (QED) is 0.920.